The topological polar surface area (TPSA) is 65.1 Å². The molecule has 4 aromatic rings. The normalized spacial score (nSPS) is 13.6. The van der Waals surface area contributed by atoms with Gasteiger partial charge in [-0.1, -0.05) is 29.8 Å². The molecule has 0 radical (unpaired) electrons. The Labute approximate surface area is 181 Å². The van der Waals surface area contributed by atoms with Gasteiger partial charge in [-0.2, -0.15) is 4.98 Å². The van der Waals surface area contributed by atoms with Gasteiger partial charge in [-0.05, 0) is 42.3 Å². The zero-order valence-corrected chi connectivity index (χ0v) is 17.5. The minimum absolute atomic E-state index is 0.0558. The van der Waals surface area contributed by atoms with Crippen LogP contribution in [0.4, 0.5) is 16.0 Å². The zero-order valence-electron chi connectivity index (χ0n) is 16.8. The Morgan fingerprint density at radius 3 is 2.61 bits per heavy atom. The van der Waals surface area contributed by atoms with Crippen LogP contribution in [0.3, 0.4) is 0 Å². The predicted octanol–water partition coefficient (Wildman–Crippen LogP) is 3.28. The number of hydrogen-bond acceptors (Lipinski definition) is 4. The van der Waals surface area contributed by atoms with Crippen LogP contribution in [0.15, 0.2) is 58.1 Å². The first kappa shape index (κ1) is 19.6. The Balaban J connectivity index is 1.69. The van der Waals surface area contributed by atoms with Gasteiger partial charge in [0.2, 0.25) is 5.95 Å². The summed E-state index contributed by atoms with van der Waals surface area (Å²) in [6, 6.07) is 13.2. The molecule has 0 N–H and O–H groups in total. The molecule has 0 saturated heterocycles. The van der Waals surface area contributed by atoms with Gasteiger partial charge >= 0.3 is 5.69 Å². The van der Waals surface area contributed by atoms with Crippen LogP contribution in [0.5, 0.6) is 0 Å². The second-order valence-electron chi connectivity index (χ2n) is 7.58. The third kappa shape index (κ3) is 3.23. The number of benzene rings is 2. The van der Waals surface area contributed by atoms with Crippen LogP contribution >= 0.6 is 11.6 Å². The summed E-state index contributed by atoms with van der Waals surface area (Å²) in [4.78, 5) is 33.0. The molecule has 1 aliphatic heterocycles. The molecule has 2 aromatic carbocycles. The van der Waals surface area contributed by atoms with Gasteiger partial charge in [-0.25, -0.2) is 9.18 Å². The summed E-state index contributed by atoms with van der Waals surface area (Å²) >= 11 is 6.17. The van der Waals surface area contributed by atoms with Gasteiger partial charge in [0, 0.05) is 30.8 Å². The third-order valence-corrected chi connectivity index (χ3v) is 5.83. The zero-order chi connectivity index (χ0) is 21.7. The minimum Gasteiger partial charge on any atom is -0.312 e. The van der Waals surface area contributed by atoms with E-state index in [1.807, 2.05) is 27.7 Å². The van der Waals surface area contributed by atoms with Gasteiger partial charge < -0.3 is 9.47 Å². The van der Waals surface area contributed by atoms with Crippen molar-refractivity contribution in [1.82, 2.24) is 18.7 Å². The van der Waals surface area contributed by atoms with E-state index in [0.717, 1.165) is 18.7 Å². The van der Waals surface area contributed by atoms with E-state index in [0.29, 0.717) is 34.2 Å². The fraction of sp³-hybridized carbons (Fsp3) is 0.227. The Morgan fingerprint density at radius 1 is 1.10 bits per heavy atom. The van der Waals surface area contributed by atoms with Crippen molar-refractivity contribution < 1.29 is 4.39 Å². The average Bonchev–Trinajstić information content (AvgIpc) is 3.16. The lowest BCUT2D eigenvalue weighted by molar-refractivity contribution is 0.597. The summed E-state index contributed by atoms with van der Waals surface area (Å²) in [5, 5.41) is 0.611. The predicted molar refractivity (Wildman–Crippen MR) is 118 cm³/mol. The second-order valence-corrected chi connectivity index (χ2v) is 8.02. The quantitative estimate of drug-likeness (QED) is 0.491. The summed E-state index contributed by atoms with van der Waals surface area (Å²) in [6.45, 7) is 1.40. The monoisotopic (exact) mass is 439 g/mol. The van der Waals surface area contributed by atoms with Gasteiger partial charge in [0.1, 0.15) is 5.82 Å². The maximum Gasteiger partial charge on any atom is 0.332 e. The van der Waals surface area contributed by atoms with Crippen LogP contribution in [0.25, 0.3) is 11.2 Å². The first-order valence-electron chi connectivity index (χ1n) is 9.91. The molecule has 2 aromatic heterocycles. The number of halogens is 2. The van der Waals surface area contributed by atoms with E-state index >= 15 is 0 Å². The van der Waals surface area contributed by atoms with Gasteiger partial charge in [-0.3, -0.25) is 13.9 Å². The lowest BCUT2D eigenvalue weighted by atomic mass is 10.2. The number of anilines is 2. The van der Waals surface area contributed by atoms with Crippen LogP contribution in [0, 0.1) is 5.82 Å². The number of fused-ring (bicyclic) bond motifs is 3. The first-order valence-corrected chi connectivity index (χ1v) is 10.3. The molecule has 0 amide bonds. The van der Waals surface area contributed by atoms with Crippen molar-refractivity contribution in [1.29, 1.82) is 0 Å². The lowest BCUT2D eigenvalue weighted by Gasteiger charge is -2.29. The van der Waals surface area contributed by atoms with E-state index < -0.39 is 11.2 Å². The third-order valence-electron chi connectivity index (χ3n) is 5.59. The Morgan fingerprint density at radius 2 is 1.87 bits per heavy atom. The standard InChI is InChI=1S/C22H19ClFN5O2/c1-26-19-18(20(30)29(22(26)31)13-14-6-8-16(24)9-7-14)28-11-3-10-27(21(28)25-19)17-5-2-4-15(23)12-17/h2,4-9,12H,3,10-11,13H2,1H3. The van der Waals surface area contributed by atoms with Crippen LogP contribution in [0.2, 0.25) is 5.02 Å². The molecule has 0 bridgehead atoms. The number of aromatic nitrogens is 4. The van der Waals surface area contributed by atoms with Crippen LogP contribution < -0.4 is 16.1 Å². The molecule has 31 heavy (non-hydrogen) atoms. The van der Waals surface area contributed by atoms with Crippen molar-refractivity contribution in [3.63, 3.8) is 0 Å². The first-order chi connectivity index (χ1) is 14.9. The summed E-state index contributed by atoms with van der Waals surface area (Å²) in [5.41, 5.74) is 1.39. The van der Waals surface area contributed by atoms with E-state index in [4.69, 9.17) is 11.6 Å². The average molecular weight is 440 g/mol. The number of aryl methyl sites for hydroxylation is 2. The van der Waals surface area contributed by atoms with Gasteiger partial charge in [0.05, 0.1) is 6.54 Å². The summed E-state index contributed by atoms with van der Waals surface area (Å²) in [6.07, 6.45) is 0.811. The molecule has 7 nitrogen and oxygen atoms in total. The van der Waals surface area contributed by atoms with Crippen LogP contribution in [0.1, 0.15) is 12.0 Å². The highest BCUT2D eigenvalue weighted by atomic mass is 35.5. The van der Waals surface area contributed by atoms with Crippen LogP contribution in [-0.4, -0.2) is 25.2 Å². The minimum atomic E-state index is -0.466. The number of nitrogens with zero attached hydrogens (tertiary/aromatic N) is 5. The number of rotatable bonds is 3. The molecule has 0 unspecified atom stereocenters. The van der Waals surface area contributed by atoms with Crippen molar-refractivity contribution in [2.75, 3.05) is 11.4 Å². The van der Waals surface area contributed by atoms with Crippen molar-refractivity contribution in [3.05, 3.63) is 85.8 Å². The van der Waals surface area contributed by atoms with E-state index in [2.05, 4.69) is 4.98 Å². The van der Waals surface area contributed by atoms with Crippen molar-refractivity contribution in [2.24, 2.45) is 7.05 Å². The van der Waals surface area contributed by atoms with E-state index in [9.17, 15) is 14.0 Å². The van der Waals surface area contributed by atoms with Crippen LogP contribution in [-0.2, 0) is 20.1 Å². The largest absolute Gasteiger partial charge is 0.332 e. The highest BCUT2D eigenvalue weighted by molar-refractivity contribution is 6.30. The van der Waals surface area contributed by atoms with Crippen molar-refractivity contribution >= 4 is 34.4 Å². The van der Waals surface area contributed by atoms with E-state index in [-0.39, 0.29) is 12.4 Å². The second kappa shape index (κ2) is 7.39. The summed E-state index contributed by atoms with van der Waals surface area (Å²) in [5.74, 6) is 0.237. The summed E-state index contributed by atoms with van der Waals surface area (Å²) in [7, 11) is 1.61. The number of imidazole rings is 1. The van der Waals surface area contributed by atoms with Gasteiger partial charge in [0.25, 0.3) is 5.56 Å². The van der Waals surface area contributed by atoms with Gasteiger partial charge in [0.15, 0.2) is 11.2 Å². The molecule has 3 heterocycles. The molecule has 0 saturated carbocycles. The molecule has 0 spiro atoms. The molecular formula is C22H19ClFN5O2. The lowest BCUT2D eigenvalue weighted by Crippen LogP contribution is -2.40. The van der Waals surface area contributed by atoms with Gasteiger partial charge in [-0.15, -0.1) is 0 Å². The number of hydrogen-bond donors (Lipinski definition) is 0. The highest BCUT2D eigenvalue weighted by Gasteiger charge is 2.27. The van der Waals surface area contributed by atoms with E-state index in [1.165, 1.54) is 21.3 Å². The molecule has 5 rings (SSSR count). The maximum atomic E-state index is 13.4. The Hall–Kier alpha value is -3.39. The Kier molecular flexibility index (Phi) is 4.66. The summed E-state index contributed by atoms with van der Waals surface area (Å²) < 4.78 is 17.7. The molecule has 1 aliphatic rings. The maximum absolute atomic E-state index is 13.4. The molecular weight excluding hydrogens is 421 g/mol. The van der Waals surface area contributed by atoms with E-state index in [1.54, 1.807) is 25.2 Å². The molecule has 0 aliphatic carbocycles. The molecule has 0 atom stereocenters. The fourth-order valence-electron chi connectivity index (χ4n) is 4.07. The molecule has 158 valence electrons. The SMILES string of the molecule is Cn1c(=O)n(Cc2ccc(F)cc2)c(=O)c2c1nc1n2CCCN1c1cccc(Cl)c1. The Bertz CT molecular complexity index is 1420. The molecule has 9 heteroatoms. The highest BCUT2D eigenvalue weighted by Crippen LogP contribution is 2.32. The van der Waals surface area contributed by atoms with Crippen molar-refractivity contribution in [3.8, 4) is 0 Å². The fourth-order valence-corrected chi connectivity index (χ4v) is 4.25. The molecule has 0 fully saturated rings. The smallest absolute Gasteiger partial charge is 0.312 e. The van der Waals surface area contributed by atoms with Crippen molar-refractivity contribution in [2.45, 2.75) is 19.5 Å².